The van der Waals surface area contributed by atoms with Crippen LogP contribution in [0.3, 0.4) is 0 Å². The third-order valence-electron chi connectivity index (χ3n) is 4.72. The Labute approximate surface area is 163 Å². The van der Waals surface area contributed by atoms with Gasteiger partial charge in [0.05, 0.1) is 28.7 Å². The van der Waals surface area contributed by atoms with Crippen LogP contribution in [0.15, 0.2) is 79.0 Å². The summed E-state index contributed by atoms with van der Waals surface area (Å²) in [6, 6.07) is 25.2. The molecule has 0 bridgehead atoms. The molecule has 0 radical (unpaired) electrons. The standard InChI is InChI=1S/C24H17N3O/c1-27-12-2-3-24(27)23-14-21(19-8-6-18(16-28)7-9-19)13-22(26-23)20-10-4-17(15-25)5-11-20/h2-14,16H,1H3. The van der Waals surface area contributed by atoms with Gasteiger partial charge < -0.3 is 4.57 Å². The molecule has 2 heterocycles. The monoisotopic (exact) mass is 363 g/mol. The SMILES string of the molecule is Cn1cccc1-c1cc(-c2ccc(C=O)cc2)cc(-c2ccc(C#N)cc2)n1. The van der Waals surface area contributed by atoms with Crippen molar-refractivity contribution < 1.29 is 4.79 Å². The second kappa shape index (κ2) is 7.34. The van der Waals surface area contributed by atoms with E-state index in [4.69, 9.17) is 10.2 Å². The number of hydrogen-bond acceptors (Lipinski definition) is 3. The molecule has 2 aromatic carbocycles. The Morgan fingerprint density at radius 3 is 2.18 bits per heavy atom. The van der Waals surface area contributed by atoms with Crippen LogP contribution in [0.25, 0.3) is 33.8 Å². The number of benzene rings is 2. The van der Waals surface area contributed by atoms with Gasteiger partial charge in [0.1, 0.15) is 6.29 Å². The molecule has 0 spiro atoms. The van der Waals surface area contributed by atoms with E-state index >= 15 is 0 Å². The summed E-state index contributed by atoms with van der Waals surface area (Å²) in [7, 11) is 1.99. The fraction of sp³-hybridized carbons (Fsp3) is 0.0417. The summed E-state index contributed by atoms with van der Waals surface area (Å²) in [6.45, 7) is 0. The zero-order chi connectivity index (χ0) is 19.5. The molecule has 4 aromatic rings. The minimum Gasteiger partial charge on any atom is -0.349 e. The number of hydrogen-bond donors (Lipinski definition) is 0. The summed E-state index contributed by atoms with van der Waals surface area (Å²) in [5.41, 5.74) is 6.95. The van der Waals surface area contributed by atoms with Crippen LogP contribution in [0.1, 0.15) is 15.9 Å². The van der Waals surface area contributed by atoms with Gasteiger partial charge in [-0.15, -0.1) is 0 Å². The number of carbonyl (C=O) groups excluding carboxylic acids is 1. The van der Waals surface area contributed by atoms with Crippen molar-refractivity contribution in [2.24, 2.45) is 7.05 Å². The molecule has 0 N–H and O–H groups in total. The van der Waals surface area contributed by atoms with Crippen molar-refractivity contribution in [2.75, 3.05) is 0 Å². The van der Waals surface area contributed by atoms with Crippen molar-refractivity contribution >= 4 is 6.29 Å². The molecule has 0 saturated carbocycles. The number of pyridine rings is 1. The highest BCUT2D eigenvalue weighted by molar-refractivity contribution is 5.79. The van der Waals surface area contributed by atoms with E-state index in [9.17, 15) is 4.79 Å². The Bertz CT molecular complexity index is 1180. The molecule has 0 aliphatic carbocycles. The lowest BCUT2D eigenvalue weighted by Crippen LogP contribution is -1.95. The Kier molecular flexibility index (Phi) is 4.57. The third-order valence-corrected chi connectivity index (χ3v) is 4.72. The number of nitrogens with zero attached hydrogens (tertiary/aromatic N) is 3. The summed E-state index contributed by atoms with van der Waals surface area (Å²) in [4.78, 5) is 15.8. The number of carbonyl (C=O) groups is 1. The van der Waals surface area contributed by atoms with E-state index in [1.165, 1.54) is 0 Å². The van der Waals surface area contributed by atoms with Crippen LogP contribution in [0, 0.1) is 11.3 Å². The maximum absolute atomic E-state index is 11.0. The minimum absolute atomic E-state index is 0.618. The van der Waals surface area contributed by atoms with Crippen LogP contribution in [0.2, 0.25) is 0 Å². The first-order chi connectivity index (χ1) is 13.7. The van der Waals surface area contributed by atoms with E-state index in [0.29, 0.717) is 11.1 Å². The van der Waals surface area contributed by atoms with Crippen LogP contribution in [-0.2, 0) is 7.05 Å². The Balaban J connectivity index is 1.88. The van der Waals surface area contributed by atoms with Gasteiger partial charge in [0.15, 0.2) is 0 Å². The summed E-state index contributed by atoms with van der Waals surface area (Å²) in [5, 5.41) is 9.04. The Morgan fingerprint density at radius 1 is 0.893 bits per heavy atom. The lowest BCUT2D eigenvalue weighted by molar-refractivity contribution is 0.112. The summed E-state index contributed by atoms with van der Waals surface area (Å²) < 4.78 is 2.03. The van der Waals surface area contributed by atoms with Crippen molar-refractivity contribution in [2.45, 2.75) is 0 Å². The van der Waals surface area contributed by atoms with E-state index in [-0.39, 0.29) is 0 Å². The fourth-order valence-electron chi connectivity index (χ4n) is 3.17. The lowest BCUT2D eigenvalue weighted by Gasteiger charge is -2.11. The molecule has 28 heavy (non-hydrogen) atoms. The minimum atomic E-state index is 0.618. The molecule has 0 aliphatic heterocycles. The summed E-state index contributed by atoms with van der Waals surface area (Å²) in [5.74, 6) is 0. The summed E-state index contributed by atoms with van der Waals surface area (Å²) in [6.07, 6.45) is 2.83. The maximum atomic E-state index is 11.0. The third kappa shape index (κ3) is 3.34. The molecule has 4 nitrogen and oxygen atoms in total. The van der Waals surface area contributed by atoms with E-state index in [1.807, 2.05) is 72.4 Å². The maximum Gasteiger partial charge on any atom is 0.150 e. The second-order valence-electron chi connectivity index (χ2n) is 6.56. The molecular weight excluding hydrogens is 346 g/mol. The van der Waals surface area contributed by atoms with Crippen molar-refractivity contribution in [3.05, 3.63) is 90.1 Å². The predicted molar refractivity (Wildman–Crippen MR) is 110 cm³/mol. The molecule has 4 heteroatoms. The van der Waals surface area contributed by atoms with E-state index < -0.39 is 0 Å². The molecule has 0 fully saturated rings. The van der Waals surface area contributed by atoms with Gasteiger partial charge in [-0.2, -0.15) is 5.26 Å². The van der Waals surface area contributed by atoms with Gasteiger partial charge in [0.2, 0.25) is 0 Å². The van der Waals surface area contributed by atoms with Gasteiger partial charge >= 0.3 is 0 Å². The second-order valence-corrected chi connectivity index (χ2v) is 6.56. The van der Waals surface area contributed by atoms with E-state index in [0.717, 1.165) is 40.1 Å². The van der Waals surface area contributed by atoms with Gasteiger partial charge in [-0.1, -0.05) is 36.4 Å². The van der Waals surface area contributed by atoms with E-state index in [2.05, 4.69) is 12.1 Å². The van der Waals surface area contributed by atoms with Gasteiger partial charge in [-0.3, -0.25) is 4.79 Å². The van der Waals surface area contributed by atoms with Crippen LogP contribution in [0.4, 0.5) is 0 Å². The molecule has 2 aromatic heterocycles. The molecule has 0 aliphatic rings. The molecule has 0 saturated heterocycles. The number of aromatic nitrogens is 2. The zero-order valence-electron chi connectivity index (χ0n) is 15.3. The van der Waals surface area contributed by atoms with Gasteiger partial charge in [-0.25, -0.2) is 4.98 Å². The van der Waals surface area contributed by atoms with Crippen molar-refractivity contribution in [3.63, 3.8) is 0 Å². The predicted octanol–water partition coefficient (Wildman–Crippen LogP) is 5.11. The first-order valence-electron chi connectivity index (χ1n) is 8.88. The molecule has 4 rings (SSSR count). The van der Waals surface area contributed by atoms with Gasteiger partial charge in [-0.05, 0) is 47.5 Å². The van der Waals surface area contributed by atoms with Crippen LogP contribution >= 0.6 is 0 Å². The number of rotatable bonds is 4. The molecule has 134 valence electrons. The quantitative estimate of drug-likeness (QED) is 0.474. The smallest absolute Gasteiger partial charge is 0.150 e. The van der Waals surface area contributed by atoms with Gasteiger partial charge in [0.25, 0.3) is 0 Å². The number of aldehydes is 1. The number of aryl methyl sites for hydroxylation is 1. The van der Waals surface area contributed by atoms with Crippen LogP contribution < -0.4 is 0 Å². The van der Waals surface area contributed by atoms with Crippen molar-refractivity contribution in [1.82, 2.24) is 9.55 Å². The van der Waals surface area contributed by atoms with Crippen molar-refractivity contribution in [3.8, 4) is 39.8 Å². The van der Waals surface area contributed by atoms with Crippen LogP contribution in [0.5, 0.6) is 0 Å². The topological polar surface area (TPSA) is 58.7 Å². The highest BCUT2D eigenvalue weighted by Crippen LogP contribution is 2.30. The first-order valence-corrected chi connectivity index (χ1v) is 8.88. The highest BCUT2D eigenvalue weighted by Gasteiger charge is 2.11. The molecule has 0 atom stereocenters. The number of nitriles is 1. The molecular formula is C24H17N3O. The molecule has 0 unspecified atom stereocenters. The largest absolute Gasteiger partial charge is 0.349 e. The fourth-order valence-corrected chi connectivity index (χ4v) is 3.17. The van der Waals surface area contributed by atoms with Crippen molar-refractivity contribution in [1.29, 1.82) is 5.26 Å². The average Bonchev–Trinajstić information content (AvgIpc) is 3.19. The van der Waals surface area contributed by atoms with E-state index in [1.54, 1.807) is 12.1 Å². The highest BCUT2D eigenvalue weighted by atomic mass is 16.1. The Hall–Kier alpha value is -3.97. The average molecular weight is 363 g/mol. The summed E-state index contributed by atoms with van der Waals surface area (Å²) >= 11 is 0. The zero-order valence-corrected chi connectivity index (χ0v) is 15.3. The first kappa shape index (κ1) is 17.4. The van der Waals surface area contributed by atoms with Gasteiger partial charge in [0, 0.05) is 24.4 Å². The normalized spacial score (nSPS) is 10.4. The van der Waals surface area contributed by atoms with Crippen LogP contribution in [-0.4, -0.2) is 15.8 Å². The molecule has 0 amide bonds. The lowest BCUT2D eigenvalue weighted by atomic mass is 10.00. The Morgan fingerprint density at radius 2 is 1.57 bits per heavy atom.